The molecular weight excluding hydrogens is 255 g/mol. The Kier molecular flexibility index (Phi) is 1.69. The van der Waals surface area contributed by atoms with Gasteiger partial charge >= 0.3 is 73.8 Å². The number of hydrogen-bond acceptors (Lipinski definition) is 0. The standard InChI is InChI=1S/C8H5BrSe/c9-7-2-1-6-3-4-10-8(6)5-7/h1-5H. The first-order chi connectivity index (χ1) is 4.86. The predicted octanol–water partition coefficient (Wildman–Crippen LogP) is 2.66. The maximum atomic E-state index is 3.45. The summed E-state index contributed by atoms with van der Waals surface area (Å²) in [5, 5.41) is 1.39. The van der Waals surface area contributed by atoms with Crippen LogP contribution in [-0.4, -0.2) is 14.5 Å². The van der Waals surface area contributed by atoms with E-state index < -0.39 is 0 Å². The Bertz CT molecular complexity index is 351. The SMILES string of the molecule is Brc1ccc2cc[se]c2c1. The van der Waals surface area contributed by atoms with Gasteiger partial charge in [-0.15, -0.1) is 0 Å². The third-order valence-corrected chi connectivity index (χ3v) is 3.76. The molecule has 0 aliphatic heterocycles. The molecule has 0 aliphatic carbocycles. The van der Waals surface area contributed by atoms with E-state index in [1.54, 1.807) is 0 Å². The van der Waals surface area contributed by atoms with Crippen LogP contribution in [0.2, 0.25) is 0 Å². The van der Waals surface area contributed by atoms with Crippen molar-refractivity contribution in [1.29, 1.82) is 0 Å². The summed E-state index contributed by atoms with van der Waals surface area (Å²) in [6, 6.07) is 8.65. The van der Waals surface area contributed by atoms with Gasteiger partial charge < -0.3 is 0 Å². The molecule has 0 nitrogen and oxygen atoms in total. The van der Waals surface area contributed by atoms with Crippen molar-refractivity contribution in [3.05, 3.63) is 33.7 Å². The zero-order valence-corrected chi connectivity index (χ0v) is 8.47. The van der Waals surface area contributed by atoms with E-state index in [2.05, 4.69) is 45.1 Å². The van der Waals surface area contributed by atoms with Crippen molar-refractivity contribution in [2.75, 3.05) is 0 Å². The monoisotopic (exact) mass is 260 g/mol. The first-order valence-electron chi connectivity index (χ1n) is 2.99. The van der Waals surface area contributed by atoms with Gasteiger partial charge in [-0.1, -0.05) is 0 Å². The summed E-state index contributed by atoms with van der Waals surface area (Å²) in [5.74, 6) is 0. The summed E-state index contributed by atoms with van der Waals surface area (Å²) >= 11 is 4.03. The molecular formula is C8H5BrSe. The fourth-order valence-corrected chi connectivity index (χ4v) is 3.37. The van der Waals surface area contributed by atoms with E-state index in [0.717, 1.165) is 0 Å². The second-order valence-electron chi connectivity index (χ2n) is 2.10. The van der Waals surface area contributed by atoms with E-state index in [4.69, 9.17) is 0 Å². The molecule has 0 unspecified atom stereocenters. The second kappa shape index (κ2) is 2.54. The predicted molar refractivity (Wildman–Crippen MR) is 48.6 cm³/mol. The van der Waals surface area contributed by atoms with E-state index in [1.807, 2.05) is 0 Å². The van der Waals surface area contributed by atoms with Crippen molar-refractivity contribution in [3.8, 4) is 0 Å². The van der Waals surface area contributed by atoms with Crippen LogP contribution in [0, 0.1) is 0 Å². The van der Waals surface area contributed by atoms with Crippen molar-refractivity contribution in [2.24, 2.45) is 0 Å². The molecule has 2 aromatic rings. The number of benzene rings is 1. The third-order valence-electron chi connectivity index (χ3n) is 1.42. The van der Waals surface area contributed by atoms with E-state index in [0.29, 0.717) is 14.5 Å². The Balaban J connectivity index is 2.86. The number of halogens is 1. The van der Waals surface area contributed by atoms with Gasteiger partial charge in [0.15, 0.2) is 0 Å². The zero-order valence-electron chi connectivity index (χ0n) is 5.17. The average Bonchev–Trinajstić information content (AvgIpc) is 2.33. The molecule has 0 saturated heterocycles. The van der Waals surface area contributed by atoms with Crippen LogP contribution in [0.5, 0.6) is 0 Å². The summed E-state index contributed by atoms with van der Waals surface area (Å²) in [5.41, 5.74) is 0. The van der Waals surface area contributed by atoms with E-state index in [-0.39, 0.29) is 0 Å². The molecule has 0 aliphatic rings. The molecule has 2 rings (SSSR count). The molecule has 0 radical (unpaired) electrons. The minimum absolute atomic E-state index is 0.582. The number of rotatable bonds is 0. The molecule has 0 N–H and O–H groups in total. The summed E-state index contributed by atoms with van der Waals surface area (Å²) in [7, 11) is 0. The van der Waals surface area contributed by atoms with Crippen LogP contribution < -0.4 is 0 Å². The van der Waals surface area contributed by atoms with E-state index in [9.17, 15) is 0 Å². The van der Waals surface area contributed by atoms with E-state index in [1.165, 1.54) is 14.1 Å². The molecule has 0 spiro atoms. The van der Waals surface area contributed by atoms with Gasteiger partial charge in [0.2, 0.25) is 0 Å². The Morgan fingerprint density at radius 1 is 1.20 bits per heavy atom. The molecule has 0 amide bonds. The van der Waals surface area contributed by atoms with Gasteiger partial charge in [0.25, 0.3) is 0 Å². The Morgan fingerprint density at radius 2 is 2.10 bits per heavy atom. The topological polar surface area (TPSA) is 0 Å². The molecule has 1 aromatic carbocycles. The number of fused-ring (bicyclic) bond motifs is 1. The fraction of sp³-hybridized carbons (Fsp3) is 0. The van der Waals surface area contributed by atoms with E-state index >= 15 is 0 Å². The van der Waals surface area contributed by atoms with Crippen molar-refractivity contribution < 1.29 is 0 Å². The van der Waals surface area contributed by atoms with Gasteiger partial charge in [0.1, 0.15) is 0 Å². The van der Waals surface area contributed by atoms with Crippen LogP contribution >= 0.6 is 15.9 Å². The van der Waals surface area contributed by atoms with Crippen molar-refractivity contribution in [2.45, 2.75) is 0 Å². The quantitative estimate of drug-likeness (QED) is 0.639. The summed E-state index contributed by atoms with van der Waals surface area (Å²) in [4.78, 5) is 2.25. The first kappa shape index (κ1) is 6.66. The van der Waals surface area contributed by atoms with Crippen LogP contribution in [0.1, 0.15) is 0 Å². The molecule has 0 atom stereocenters. The van der Waals surface area contributed by atoms with Crippen molar-refractivity contribution >= 4 is 40.1 Å². The fourth-order valence-electron chi connectivity index (χ4n) is 0.929. The van der Waals surface area contributed by atoms with Crippen LogP contribution in [0.25, 0.3) is 9.65 Å². The molecule has 0 saturated carbocycles. The molecule has 1 heterocycles. The van der Waals surface area contributed by atoms with Gasteiger partial charge in [-0.25, -0.2) is 0 Å². The van der Waals surface area contributed by atoms with Crippen LogP contribution in [0.15, 0.2) is 33.7 Å². The van der Waals surface area contributed by atoms with Crippen molar-refractivity contribution in [3.63, 3.8) is 0 Å². The summed E-state index contributed by atoms with van der Waals surface area (Å²) in [6.45, 7) is 0. The Morgan fingerprint density at radius 3 is 3.00 bits per heavy atom. The third kappa shape index (κ3) is 1.07. The molecule has 50 valence electrons. The molecule has 2 heteroatoms. The van der Waals surface area contributed by atoms with Crippen LogP contribution in [-0.2, 0) is 0 Å². The maximum absolute atomic E-state index is 3.45. The van der Waals surface area contributed by atoms with Gasteiger partial charge in [0.05, 0.1) is 0 Å². The van der Waals surface area contributed by atoms with Crippen LogP contribution in [0.3, 0.4) is 0 Å². The van der Waals surface area contributed by atoms with Gasteiger partial charge in [-0.3, -0.25) is 0 Å². The average molecular weight is 260 g/mol. The number of hydrogen-bond donors (Lipinski definition) is 0. The van der Waals surface area contributed by atoms with Crippen LogP contribution in [0.4, 0.5) is 0 Å². The van der Waals surface area contributed by atoms with Crippen molar-refractivity contribution in [1.82, 2.24) is 0 Å². The second-order valence-corrected chi connectivity index (χ2v) is 5.01. The summed E-state index contributed by atoms with van der Waals surface area (Å²) < 4.78 is 2.68. The molecule has 0 fully saturated rings. The van der Waals surface area contributed by atoms with Gasteiger partial charge in [-0.05, 0) is 0 Å². The Hall–Kier alpha value is -0.0405. The first-order valence-corrected chi connectivity index (χ1v) is 5.63. The van der Waals surface area contributed by atoms with Gasteiger partial charge in [-0.2, -0.15) is 0 Å². The normalized spacial score (nSPS) is 10.5. The Labute approximate surface area is 73.7 Å². The van der Waals surface area contributed by atoms with Gasteiger partial charge in [0, 0.05) is 0 Å². The zero-order chi connectivity index (χ0) is 6.97. The summed E-state index contributed by atoms with van der Waals surface area (Å²) in [6.07, 6.45) is 0. The molecule has 0 bridgehead atoms. The minimum atomic E-state index is 0.582. The molecule has 1 aromatic heterocycles. The molecule has 10 heavy (non-hydrogen) atoms.